The van der Waals surface area contributed by atoms with Crippen molar-refractivity contribution in [2.24, 2.45) is 0 Å². The fraction of sp³-hybridized carbons (Fsp3) is 0. The summed E-state index contributed by atoms with van der Waals surface area (Å²) in [4.78, 5) is 0.940. The van der Waals surface area contributed by atoms with Crippen LogP contribution in [0.3, 0.4) is 0 Å². The number of H-pyrrole nitrogens is 1. The Labute approximate surface area is 63.7 Å². The van der Waals surface area contributed by atoms with Gasteiger partial charge in [-0.1, -0.05) is 12.1 Å². The van der Waals surface area contributed by atoms with Gasteiger partial charge in [0.25, 0.3) is 0 Å². The molecule has 0 bridgehead atoms. The summed E-state index contributed by atoms with van der Waals surface area (Å²) in [6.07, 6.45) is 1.79. The monoisotopic (exact) mass is 150 g/mol. The highest BCUT2D eigenvalue weighted by Gasteiger charge is 1.95. The van der Waals surface area contributed by atoms with Crippen LogP contribution in [0.5, 0.6) is 0 Å². The number of nitrogens with one attached hydrogen (secondary N) is 1. The lowest BCUT2D eigenvalue weighted by molar-refractivity contribution is 1.11. The van der Waals surface area contributed by atoms with Crippen LogP contribution in [0.4, 0.5) is 0 Å². The molecular formula is C7H6N2S. The fourth-order valence-corrected chi connectivity index (χ4v) is 1.22. The Morgan fingerprint density at radius 2 is 2.30 bits per heavy atom. The number of benzene rings is 1. The third-order valence-electron chi connectivity index (χ3n) is 1.45. The zero-order valence-electron chi connectivity index (χ0n) is 5.20. The van der Waals surface area contributed by atoms with E-state index in [9.17, 15) is 0 Å². The van der Waals surface area contributed by atoms with Gasteiger partial charge in [-0.15, -0.1) is 12.6 Å². The van der Waals surface area contributed by atoms with E-state index in [1.54, 1.807) is 6.20 Å². The SMILES string of the molecule is Sc1cccc2cn[nH]c12. The second-order valence-corrected chi connectivity index (χ2v) is 2.59. The molecule has 1 aromatic carbocycles. The molecule has 0 saturated heterocycles. The molecule has 2 nitrogen and oxygen atoms in total. The van der Waals surface area contributed by atoms with E-state index >= 15 is 0 Å². The smallest absolute Gasteiger partial charge is 0.0783 e. The van der Waals surface area contributed by atoms with Crippen LogP contribution in [0.25, 0.3) is 10.9 Å². The van der Waals surface area contributed by atoms with Gasteiger partial charge in [0, 0.05) is 10.3 Å². The molecule has 1 aromatic heterocycles. The lowest BCUT2D eigenvalue weighted by Crippen LogP contribution is -1.69. The first-order valence-corrected chi connectivity index (χ1v) is 3.44. The molecule has 2 rings (SSSR count). The van der Waals surface area contributed by atoms with E-state index in [4.69, 9.17) is 0 Å². The Kier molecular flexibility index (Phi) is 1.17. The van der Waals surface area contributed by atoms with E-state index in [0.717, 1.165) is 15.8 Å². The Morgan fingerprint density at radius 3 is 3.10 bits per heavy atom. The van der Waals surface area contributed by atoms with Gasteiger partial charge in [0.2, 0.25) is 0 Å². The van der Waals surface area contributed by atoms with Crippen molar-refractivity contribution < 1.29 is 0 Å². The highest BCUT2D eigenvalue weighted by molar-refractivity contribution is 7.80. The quantitative estimate of drug-likeness (QED) is 0.551. The Morgan fingerprint density at radius 1 is 1.40 bits per heavy atom. The van der Waals surface area contributed by atoms with Crippen molar-refractivity contribution in [2.45, 2.75) is 4.90 Å². The van der Waals surface area contributed by atoms with E-state index in [2.05, 4.69) is 22.8 Å². The Hall–Kier alpha value is -0.960. The third kappa shape index (κ3) is 0.708. The van der Waals surface area contributed by atoms with Gasteiger partial charge in [0.15, 0.2) is 0 Å². The van der Waals surface area contributed by atoms with Gasteiger partial charge >= 0.3 is 0 Å². The van der Waals surface area contributed by atoms with Crippen LogP contribution >= 0.6 is 12.6 Å². The maximum Gasteiger partial charge on any atom is 0.0783 e. The number of fused-ring (bicyclic) bond motifs is 1. The summed E-state index contributed by atoms with van der Waals surface area (Å²) < 4.78 is 0. The molecule has 0 atom stereocenters. The van der Waals surface area contributed by atoms with Crippen molar-refractivity contribution in [1.82, 2.24) is 10.2 Å². The first-order chi connectivity index (χ1) is 4.88. The molecule has 0 aliphatic carbocycles. The number of hydrogen-bond donors (Lipinski definition) is 2. The lowest BCUT2D eigenvalue weighted by atomic mass is 10.3. The molecule has 0 fully saturated rings. The number of aromatic amines is 1. The summed E-state index contributed by atoms with van der Waals surface area (Å²) in [6, 6.07) is 5.89. The normalized spacial score (nSPS) is 10.5. The Bertz CT molecular complexity index is 353. The maximum atomic E-state index is 4.25. The molecule has 0 amide bonds. The largest absolute Gasteiger partial charge is 0.277 e. The lowest BCUT2D eigenvalue weighted by Gasteiger charge is -1.90. The molecule has 0 saturated carbocycles. The zero-order valence-corrected chi connectivity index (χ0v) is 6.10. The first kappa shape index (κ1) is 5.80. The maximum absolute atomic E-state index is 4.25. The topological polar surface area (TPSA) is 28.7 Å². The first-order valence-electron chi connectivity index (χ1n) is 2.99. The molecular weight excluding hydrogens is 144 g/mol. The van der Waals surface area contributed by atoms with Gasteiger partial charge in [-0.2, -0.15) is 5.10 Å². The average Bonchev–Trinajstić information content (AvgIpc) is 2.36. The van der Waals surface area contributed by atoms with Gasteiger partial charge in [-0.3, -0.25) is 5.10 Å². The fourth-order valence-electron chi connectivity index (χ4n) is 0.953. The highest BCUT2D eigenvalue weighted by atomic mass is 32.1. The molecule has 0 radical (unpaired) electrons. The van der Waals surface area contributed by atoms with Crippen molar-refractivity contribution >= 4 is 23.5 Å². The minimum absolute atomic E-state index is 0.940. The number of thiol groups is 1. The van der Waals surface area contributed by atoms with Crippen LogP contribution in [0.2, 0.25) is 0 Å². The van der Waals surface area contributed by atoms with Crippen LogP contribution in [0.1, 0.15) is 0 Å². The van der Waals surface area contributed by atoms with E-state index in [1.807, 2.05) is 18.2 Å². The van der Waals surface area contributed by atoms with Gasteiger partial charge in [-0.25, -0.2) is 0 Å². The molecule has 1 N–H and O–H groups in total. The van der Waals surface area contributed by atoms with Gasteiger partial charge in [-0.05, 0) is 6.07 Å². The van der Waals surface area contributed by atoms with Gasteiger partial charge in [0.05, 0.1) is 11.7 Å². The summed E-state index contributed by atoms with van der Waals surface area (Å²) in [5, 5.41) is 7.85. The molecule has 50 valence electrons. The molecule has 0 aliphatic heterocycles. The van der Waals surface area contributed by atoms with E-state index in [0.29, 0.717) is 0 Å². The van der Waals surface area contributed by atoms with Crippen LogP contribution in [-0.4, -0.2) is 10.2 Å². The van der Waals surface area contributed by atoms with Crippen LogP contribution in [-0.2, 0) is 0 Å². The molecule has 10 heavy (non-hydrogen) atoms. The van der Waals surface area contributed by atoms with Crippen LogP contribution in [0.15, 0.2) is 29.3 Å². The molecule has 0 unspecified atom stereocenters. The van der Waals surface area contributed by atoms with E-state index in [-0.39, 0.29) is 0 Å². The van der Waals surface area contributed by atoms with Crippen molar-refractivity contribution in [1.29, 1.82) is 0 Å². The standard InChI is InChI=1S/C7H6N2S/c10-6-3-1-2-5-4-8-9-7(5)6/h1-4,10H,(H,8,9). The predicted molar refractivity (Wildman–Crippen MR) is 43.3 cm³/mol. The molecule has 2 aromatic rings. The molecule has 3 heteroatoms. The Balaban J connectivity index is 2.95. The van der Waals surface area contributed by atoms with Crippen molar-refractivity contribution in [3.05, 3.63) is 24.4 Å². The number of rotatable bonds is 0. The minimum atomic E-state index is 0.940. The summed E-state index contributed by atoms with van der Waals surface area (Å²) in [5.41, 5.74) is 1.01. The van der Waals surface area contributed by atoms with E-state index in [1.165, 1.54) is 0 Å². The predicted octanol–water partition coefficient (Wildman–Crippen LogP) is 1.85. The van der Waals surface area contributed by atoms with Gasteiger partial charge < -0.3 is 0 Å². The third-order valence-corrected chi connectivity index (χ3v) is 1.83. The number of para-hydroxylation sites is 1. The summed E-state index contributed by atoms with van der Waals surface area (Å²) in [5.74, 6) is 0. The van der Waals surface area contributed by atoms with Gasteiger partial charge in [0.1, 0.15) is 0 Å². The van der Waals surface area contributed by atoms with E-state index < -0.39 is 0 Å². The second-order valence-electron chi connectivity index (χ2n) is 2.11. The van der Waals surface area contributed by atoms with Crippen molar-refractivity contribution in [3.63, 3.8) is 0 Å². The zero-order chi connectivity index (χ0) is 6.97. The molecule has 0 aliphatic rings. The van der Waals surface area contributed by atoms with Crippen LogP contribution in [0, 0.1) is 0 Å². The summed E-state index contributed by atoms with van der Waals surface area (Å²) >= 11 is 4.25. The van der Waals surface area contributed by atoms with Crippen LogP contribution < -0.4 is 0 Å². The van der Waals surface area contributed by atoms with Crippen molar-refractivity contribution in [3.8, 4) is 0 Å². The highest BCUT2D eigenvalue weighted by Crippen LogP contribution is 2.17. The summed E-state index contributed by atoms with van der Waals surface area (Å²) in [6.45, 7) is 0. The molecule has 1 heterocycles. The molecule has 0 spiro atoms. The number of nitrogens with zero attached hydrogens (tertiary/aromatic N) is 1. The van der Waals surface area contributed by atoms with Crippen molar-refractivity contribution in [2.75, 3.05) is 0 Å². The second kappa shape index (κ2) is 2.02. The minimum Gasteiger partial charge on any atom is -0.277 e. The number of hydrogen-bond acceptors (Lipinski definition) is 2. The average molecular weight is 150 g/mol. The number of aromatic nitrogens is 2. The summed E-state index contributed by atoms with van der Waals surface area (Å²) in [7, 11) is 0.